The van der Waals surface area contributed by atoms with Crippen molar-refractivity contribution in [1.29, 1.82) is 0 Å². The Morgan fingerprint density at radius 2 is 2.00 bits per heavy atom. The molecule has 4 aromatic rings. The first kappa shape index (κ1) is 19.8. The number of nitrogens with one attached hydrogen (secondary N) is 2. The third-order valence-corrected chi connectivity index (χ3v) is 4.90. The topological polar surface area (TPSA) is 84.7 Å². The van der Waals surface area contributed by atoms with Gasteiger partial charge in [-0.25, -0.2) is 18.9 Å². The lowest BCUT2D eigenvalue weighted by Crippen LogP contribution is -2.31. The van der Waals surface area contributed by atoms with Crippen molar-refractivity contribution >= 4 is 34.4 Å². The van der Waals surface area contributed by atoms with Crippen molar-refractivity contribution in [3.63, 3.8) is 0 Å². The van der Waals surface area contributed by atoms with Crippen LogP contribution in [0.15, 0.2) is 55.0 Å². The molecule has 0 saturated heterocycles. The second-order valence-corrected chi connectivity index (χ2v) is 7.24. The number of aromatic nitrogens is 4. The molecule has 3 aromatic heterocycles. The number of rotatable bonds is 4. The highest BCUT2D eigenvalue weighted by Crippen LogP contribution is 2.22. The standard InChI is InChI=1S/C21H18ClFN6O/c1-12-7-16(5-6-24-12)29-19-11-25-20(9-15(19)10-26-29)28-21(30)27-13(2)14-3-4-18(23)17(22)8-14/h3-11,13H,1-2H3,(H2,25,27,28,30)/t13-/m1/s1. The molecule has 7 nitrogen and oxygen atoms in total. The highest BCUT2D eigenvalue weighted by Gasteiger charge is 2.13. The first-order valence-electron chi connectivity index (χ1n) is 9.20. The predicted octanol–water partition coefficient (Wildman–Crippen LogP) is 4.80. The molecule has 0 aliphatic rings. The van der Waals surface area contributed by atoms with Crippen molar-refractivity contribution in [2.45, 2.75) is 19.9 Å². The number of aryl methyl sites for hydroxylation is 1. The molecule has 152 valence electrons. The highest BCUT2D eigenvalue weighted by atomic mass is 35.5. The largest absolute Gasteiger partial charge is 0.331 e. The van der Waals surface area contributed by atoms with Crippen LogP contribution in [0.25, 0.3) is 16.6 Å². The van der Waals surface area contributed by atoms with Gasteiger partial charge in [0.15, 0.2) is 0 Å². The van der Waals surface area contributed by atoms with Gasteiger partial charge in [0.05, 0.1) is 34.7 Å². The van der Waals surface area contributed by atoms with Gasteiger partial charge in [0.25, 0.3) is 0 Å². The van der Waals surface area contributed by atoms with E-state index >= 15 is 0 Å². The molecule has 0 spiro atoms. The Bertz CT molecular complexity index is 1240. The lowest BCUT2D eigenvalue weighted by Gasteiger charge is -2.15. The third-order valence-electron chi connectivity index (χ3n) is 4.61. The molecule has 1 aromatic carbocycles. The maximum Gasteiger partial charge on any atom is 0.320 e. The summed E-state index contributed by atoms with van der Waals surface area (Å²) in [4.78, 5) is 20.9. The molecule has 0 aliphatic heterocycles. The molecule has 0 radical (unpaired) electrons. The number of fused-ring (bicyclic) bond motifs is 1. The zero-order chi connectivity index (χ0) is 21.3. The van der Waals surface area contributed by atoms with E-state index < -0.39 is 11.8 Å². The summed E-state index contributed by atoms with van der Waals surface area (Å²) in [5.41, 5.74) is 3.26. The average molecular weight is 425 g/mol. The molecule has 0 bridgehead atoms. The number of anilines is 1. The van der Waals surface area contributed by atoms with Gasteiger partial charge in [0.2, 0.25) is 0 Å². The number of nitrogens with zero attached hydrogens (tertiary/aromatic N) is 4. The molecule has 2 amide bonds. The maximum atomic E-state index is 13.3. The van der Waals surface area contributed by atoms with E-state index in [1.54, 1.807) is 42.3 Å². The van der Waals surface area contributed by atoms with Gasteiger partial charge < -0.3 is 5.32 Å². The van der Waals surface area contributed by atoms with Crippen LogP contribution in [0.4, 0.5) is 15.0 Å². The number of hydrogen-bond acceptors (Lipinski definition) is 4. The first-order chi connectivity index (χ1) is 14.4. The Hall–Kier alpha value is -3.52. The quantitative estimate of drug-likeness (QED) is 0.493. The van der Waals surface area contributed by atoms with Gasteiger partial charge in [-0.2, -0.15) is 5.10 Å². The number of carbonyl (C=O) groups is 1. The fourth-order valence-electron chi connectivity index (χ4n) is 3.08. The number of pyridine rings is 2. The van der Waals surface area contributed by atoms with Gasteiger partial charge in [-0.05, 0) is 49.7 Å². The van der Waals surface area contributed by atoms with Crippen LogP contribution in [0.2, 0.25) is 5.02 Å². The number of amides is 2. The third kappa shape index (κ3) is 4.08. The minimum atomic E-state index is -0.503. The summed E-state index contributed by atoms with van der Waals surface area (Å²) in [6.45, 7) is 3.69. The lowest BCUT2D eigenvalue weighted by molar-refractivity contribution is 0.249. The Balaban J connectivity index is 1.48. The molecule has 0 fully saturated rings. The van der Waals surface area contributed by atoms with Gasteiger partial charge in [-0.3, -0.25) is 10.3 Å². The summed E-state index contributed by atoms with van der Waals surface area (Å²) in [6.07, 6.45) is 5.08. The Morgan fingerprint density at radius 1 is 1.17 bits per heavy atom. The fraction of sp³-hybridized carbons (Fsp3) is 0.143. The number of carbonyl (C=O) groups excluding carboxylic acids is 1. The molecule has 1 atom stereocenters. The minimum Gasteiger partial charge on any atom is -0.331 e. The number of urea groups is 1. The van der Waals surface area contributed by atoms with E-state index in [4.69, 9.17) is 11.6 Å². The number of halogens is 2. The van der Waals surface area contributed by atoms with Crippen molar-refractivity contribution < 1.29 is 9.18 Å². The first-order valence-corrected chi connectivity index (χ1v) is 9.58. The summed E-state index contributed by atoms with van der Waals surface area (Å²) in [7, 11) is 0. The zero-order valence-electron chi connectivity index (χ0n) is 16.2. The average Bonchev–Trinajstić information content (AvgIpc) is 3.13. The fourth-order valence-corrected chi connectivity index (χ4v) is 3.27. The molecule has 2 N–H and O–H groups in total. The van der Waals surface area contributed by atoms with Crippen LogP contribution < -0.4 is 10.6 Å². The van der Waals surface area contributed by atoms with Gasteiger partial charge in [0.1, 0.15) is 11.6 Å². The van der Waals surface area contributed by atoms with E-state index in [1.165, 1.54) is 12.1 Å². The van der Waals surface area contributed by atoms with Crippen LogP contribution in [-0.4, -0.2) is 25.8 Å². The molecule has 4 rings (SSSR count). The summed E-state index contributed by atoms with van der Waals surface area (Å²) >= 11 is 5.81. The lowest BCUT2D eigenvalue weighted by atomic mass is 10.1. The van der Waals surface area contributed by atoms with Crippen molar-refractivity contribution in [2.75, 3.05) is 5.32 Å². The van der Waals surface area contributed by atoms with E-state index in [2.05, 4.69) is 25.7 Å². The second kappa shape index (κ2) is 8.08. The van der Waals surface area contributed by atoms with Gasteiger partial charge in [-0.15, -0.1) is 0 Å². The Kier molecular flexibility index (Phi) is 5.33. The molecule has 9 heteroatoms. The molecule has 0 unspecified atom stereocenters. The predicted molar refractivity (Wildman–Crippen MR) is 113 cm³/mol. The van der Waals surface area contributed by atoms with Gasteiger partial charge in [0, 0.05) is 17.3 Å². The van der Waals surface area contributed by atoms with Crippen LogP contribution in [0.5, 0.6) is 0 Å². The monoisotopic (exact) mass is 424 g/mol. The van der Waals surface area contributed by atoms with Gasteiger partial charge in [-0.1, -0.05) is 17.7 Å². The molecular formula is C21H18ClFN6O. The van der Waals surface area contributed by atoms with Crippen molar-refractivity contribution in [1.82, 2.24) is 25.1 Å². The summed E-state index contributed by atoms with van der Waals surface area (Å²) < 4.78 is 15.1. The Morgan fingerprint density at radius 3 is 2.77 bits per heavy atom. The number of hydrogen-bond donors (Lipinski definition) is 2. The summed E-state index contributed by atoms with van der Waals surface area (Å²) in [5.74, 6) is -0.119. The normalized spacial score (nSPS) is 12.0. The SMILES string of the molecule is Cc1cc(-n2ncc3cc(NC(=O)N[C@H](C)c4ccc(F)c(Cl)c4)ncc32)ccn1. The van der Waals surface area contributed by atoms with Crippen LogP contribution in [0.1, 0.15) is 24.2 Å². The van der Waals surface area contributed by atoms with Crippen LogP contribution in [0.3, 0.4) is 0 Å². The summed E-state index contributed by atoms with van der Waals surface area (Å²) in [6, 6.07) is 9.05. The molecule has 30 heavy (non-hydrogen) atoms. The van der Waals surface area contributed by atoms with E-state index in [9.17, 15) is 9.18 Å². The van der Waals surface area contributed by atoms with Crippen molar-refractivity contribution in [2.24, 2.45) is 0 Å². The van der Waals surface area contributed by atoms with Gasteiger partial charge >= 0.3 is 6.03 Å². The van der Waals surface area contributed by atoms with Crippen molar-refractivity contribution in [3.8, 4) is 5.69 Å². The van der Waals surface area contributed by atoms with E-state index in [-0.39, 0.29) is 11.1 Å². The Labute approximate surface area is 176 Å². The number of benzene rings is 1. The molecular weight excluding hydrogens is 407 g/mol. The summed E-state index contributed by atoms with van der Waals surface area (Å²) in [5, 5.41) is 10.7. The smallest absolute Gasteiger partial charge is 0.320 e. The zero-order valence-corrected chi connectivity index (χ0v) is 17.0. The molecule has 3 heterocycles. The van der Waals surface area contributed by atoms with Crippen molar-refractivity contribution in [3.05, 3.63) is 77.1 Å². The molecule has 0 saturated carbocycles. The van der Waals surface area contributed by atoms with E-state index in [0.29, 0.717) is 11.4 Å². The maximum absolute atomic E-state index is 13.3. The second-order valence-electron chi connectivity index (χ2n) is 6.83. The van der Waals surface area contributed by atoms with E-state index in [0.717, 1.165) is 22.3 Å². The van der Waals surface area contributed by atoms with Crippen LogP contribution in [0, 0.1) is 12.7 Å². The van der Waals surface area contributed by atoms with Crippen LogP contribution in [-0.2, 0) is 0 Å². The van der Waals surface area contributed by atoms with Crippen LogP contribution >= 0.6 is 11.6 Å². The van der Waals surface area contributed by atoms with E-state index in [1.807, 2.05) is 19.1 Å². The minimum absolute atomic E-state index is 0.00933. The highest BCUT2D eigenvalue weighted by molar-refractivity contribution is 6.30. The molecule has 0 aliphatic carbocycles.